The first-order chi connectivity index (χ1) is 13.1. The summed E-state index contributed by atoms with van der Waals surface area (Å²) < 4.78 is 5.17. The highest BCUT2D eigenvalue weighted by Gasteiger charge is 2.40. The second-order valence-corrected chi connectivity index (χ2v) is 6.15. The number of hydrogen-bond donors (Lipinski definition) is 1. The van der Waals surface area contributed by atoms with Gasteiger partial charge in [-0.1, -0.05) is 12.1 Å². The fourth-order valence-electron chi connectivity index (χ4n) is 3.01. The second-order valence-electron chi connectivity index (χ2n) is 6.15. The molecule has 0 radical (unpaired) electrons. The molecule has 0 atom stereocenters. The molecule has 2 heterocycles. The number of rotatable bonds is 7. The maximum Gasteiger partial charge on any atom is 0.278 e. The van der Waals surface area contributed by atoms with Crippen LogP contribution in [-0.4, -0.2) is 59.0 Å². The first-order valence-corrected chi connectivity index (χ1v) is 8.52. The lowest BCUT2D eigenvalue weighted by molar-refractivity contribution is -0.138. The number of hydrogen-bond acceptors (Lipinski definition) is 6. The molecule has 3 rings (SSSR count). The van der Waals surface area contributed by atoms with Crippen LogP contribution in [0.1, 0.15) is 11.1 Å². The van der Waals surface area contributed by atoms with E-state index in [1.54, 1.807) is 67.8 Å². The van der Waals surface area contributed by atoms with Gasteiger partial charge in [0.25, 0.3) is 11.8 Å². The second kappa shape index (κ2) is 8.01. The molecule has 0 bridgehead atoms. The molecule has 0 saturated heterocycles. The van der Waals surface area contributed by atoms with Crippen LogP contribution in [0.4, 0.5) is 0 Å². The molecule has 2 amide bonds. The quantitative estimate of drug-likeness (QED) is 0.743. The molecular formula is C20H21N3O4. The molecule has 7 heteroatoms. The van der Waals surface area contributed by atoms with Gasteiger partial charge < -0.3 is 14.7 Å². The third-order valence-corrected chi connectivity index (χ3v) is 4.43. The van der Waals surface area contributed by atoms with Crippen molar-refractivity contribution < 1.29 is 19.4 Å². The number of imide groups is 1. The van der Waals surface area contributed by atoms with Crippen LogP contribution in [-0.2, 0) is 16.1 Å². The molecule has 2 aromatic rings. The third kappa shape index (κ3) is 3.68. The van der Waals surface area contributed by atoms with E-state index in [9.17, 15) is 14.7 Å². The summed E-state index contributed by atoms with van der Waals surface area (Å²) in [6, 6.07) is 10.5. The standard InChI is InChI=1S/C20H21N3O4/c1-22(11-12-24)18-17(15-3-5-16(27-2)6-4-15)19(25)23(20(18)26)13-14-7-9-21-10-8-14/h3-10,24H,11-13H2,1-2H3. The van der Waals surface area contributed by atoms with E-state index in [2.05, 4.69) is 4.98 Å². The van der Waals surface area contributed by atoms with Gasteiger partial charge in [0.2, 0.25) is 0 Å². The van der Waals surface area contributed by atoms with Crippen LogP contribution in [0.5, 0.6) is 5.75 Å². The van der Waals surface area contributed by atoms with Gasteiger partial charge in [-0.25, -0.2) is 0 Å². The Bertz CT molecular complexity index is 863. The molecule has 0 unspecified atom stereocenters. The maximum atomic E-state index is 13.1. The average molecular weight is 367 g/mol. The summed E-state index contributed by atoms with van der Waals surface area (Å²) in [6.45, 7) is 0.287. The van der Waals surface area contributed by atoms with Crippen molar-refractivity contribution in [3.63, 3.8) is 0 Å². The number of carbonyl (C=O) groups excluding carboxylic acids is 2. The maximum absolute atomic E-state index is 13.1. The summed E-state index contributed by atoms with van der Waals surface area (Å²) in [5.74, 6) is -0.0737. The van der Waals surface area contributed by atoms with Gasteiger partial charge in [0.1, 0.15) is 11.4 Å². The number of pyridine rings is 1. The van der Waals surface area contributed by atoms with Crippen molar-refractivity contribution >= 4 is 17.4 Å². The van der Waals surface area contributed by atoms with E-state index in [1.165, 1.54) is 4.90 Å². The van der Waals surface area contributed by atoms with Crippen molar-refractivity contribution in [1.29, 1.82) is 0 Å². The minimum Gasteiger partial charge on any atom is -0.497 e. The minimum atomic E-state index is -0.376. The van der Waals surface area contributed by atoms with Crippen LogP contribution in [0, 0.1) is 0 Å². The fourth-order valence-corrected chi connectivity index (χ4v) is 3.01. The number of methoxy groups -OCH3 is 1. The SMILES string of the molecule is COc1ccc(C2=C(N(C)CCO)C(=O)N(Cc3ccncc3)C2=O)cc1. The predicted octanol–water partition coefficient (Wildman–Crippen LogP) is 1.29. The van der Waals surface area contributed by atoms with Gasteiger partial charge >= 0.3 is 0 Å². The average Bonchev–Trinajstić information content (AvgIpc) is 2.94. The highest BCUT2D eigenvalue weighted by molar-refractivity contribution is 6.35. The number of ether oxygens (including phenoxy) is 1. The smallest absolute Gasteiger partial charge is 0.278 e. The van der Waals surface area contributed by atoms with E-state index in [0.717, 1.165) is 5.56 Å². The molecule has 1 aliphatic heterocycles. The number of amides is 2. The normalized spacial score (nSPS) is 14.1. The first kappa shape index (κ1) is 18.6. The molecule has 7 nitrogen and oxygen atoms in total. The molecule has 0 spiro atoms. The summed E-state index contributed by atoms with van der Waals surface area (Å²) in [4.78, 5) is 32.9. The first-order valence-electron chi connectivity index (χ1n) is 8.52. The molecule has 27 heavy (non-hydrogen) atoms. The van der Waals surface area contributed by atoms with Crippen molar-refractivity contribution in [3.8, 4) is 5.75 Å². The Morgan fingerprint density at radius 2 is 1.74 bits per heavy atom. The van der Waals surface area contributed by atoms with Gasteiger partial charge in [0.15, 0.2) is 0 Å². The van der Waals surface area contributed by atoms with Crippen molar-refractivity contribution in [1.82, 2.24) is 14.8 Å². The summed E-state index contributed by atoms with van der Waals surface area (Å²) in [5.41, 5.74) is 2.05. The van der Waals surface area contributed by atoms with Crippen molar-refractivity contribution in [2.45, 2.75) is 6.54 Å². The van der Waals surface area contributed by atoms with Gasteiger partial charge in [-0.2, -0.15) is 0 Å². The van der Waals surface area contributed by atoms with E-state index in [-0.39, 0.29) is 37.2 Å². The zero-order chi connectivity index (χ0) is 19.4. The lowest BCUT2D eigenvalue weighted by Gasteiger charge is -2.20. The van der Waals surface area contributed by atoms with Gasteiger partial charge in [-0.3, -0.25) is 19.5 Å². The van der Waals surface area contributed by atoms with Crippen LogP contribution in [0.2, 0.25) is 0 Å². The number of likely N-dealkylation sites (N-methyl/N-ethyl adjacent to an activating group) is 1. The molecule has 0 saturated carbocycles. The van der Waals surface area contributed by atoms with E-state index >= 15 is 0 Å². The number of aliphatic hydroxyl groups is 1. The van der Waals surface area contributed by atoms with Crippen molar-refractivity contribution in [2.24, 2.45) is 0 Å². The highest BCUT2D eigenvalue weighted by atomic mass is 16.5. The van der Waals surface area contributed by atoms with E-state index < -0.39 is 0 Å². The predicted molar refractivity (Wildman–Crippen MR) is 99.4 cm³/mol. The van der Waals surface area contributed by atoms with E-state index in [1.807, 2.05) is 0 Å². The monoisotopic (exact) mass is 367 g/mol. The highest BCUT2D eigenvalue weighted by Crippen LogP contribution is 2.32. The summed E-state index contributed by atoms with van der Waals surface area (Å²) >= 11 is 0. The number of aromatic nitrogens is 1. The number of benzene rings is 1. The van der Waals surface area contributed by atoms with Crippen LogP contribution in [0.25, 0.3) is 5.57 Å². The Kier molecular flexibility index (Phi) is 5.52. The summed E-state index contributed by atoms with van der Waals surface area (Å²) in [5, 5.41) is 9.28. The van der Waals surface area contributed by atoms with Crippen LogP contribution >= 0.6 is 0 Å². The Balaban J connectivity index is 2.00. The van der Waals surface area contributed by atoms with Crippen molar-refractivity contribution in [2.75, 3.05) is 27.3 Å². The number of aliphatic hydroxyl groups excluding tert-OH is 1. The van der Waals surface area contributed by atoms with Gasteiger partial charge in [0.05, 0.1) is 25.8 Å². The van der Waals surface area contributed by atoms with E-state index in [0.29, 0.717) is 16.9 Å². The molecule has 1 aromatic carbocycles. The Morgan fingerprint density at radius 3 is 2.33 bits per heavy atom. The molecule has 1 N–H and O–H groups in total. The summed E-state index contributed by atoms with van der Waals surface area (Å²) in [6.07, 6.45) is 3.24. The van der Waals surface area contributed by atoms with Crippen molar-refractivity contribution in [3.05, 3.63) is 65.6 Å². The summed E-state index contributed by atoms with van der Waals surface area (Å²) in [7, 11) is 3.26. The Hall–Kier alpha value is -3.19. The van der Waals surface area contributed by atoms with Gasteiger partial charge in [-0.15, -0.1) is 0 Å². The van der Waals surface area contributed by atoms with Gasteiger partial charge in [0, 0.05) is 26.0 Å². The lowest BCUT2D eigenvalue weighted by Crippen LogP contribution is -2.34. The fraction of sp³-hybridized carbons (Fsp3) is 0.250. The minimum absolute atomic E-state index is 0.123. The topological polar surface area (TPSA) is 83.0 Å². The third-order valence-electron chi connectivity index (χ3n) is 4.43. The molecule has 1 aromatic heterocycles. The molecule has 140 valence electrons. The molecule has 0 fully saturated rings. The van der Waals surface area contributed by atoms with E-state index in [4.69, 9.17) is 4.74 Å². The van der Waals surface area contributed by atoms with Crippen LogP contribution in [0.15, 0.2) is 54.5 Å². The number of carbonyl (C=O) groups is 2. The lowest BCUT2D eigenvalue weighted by atomic mass is 10.0. The molecular weight excluding hydrogens is 346 g/mol. The Labute approximate surface area is 157 Å². The van der Waals surface area contributed by atoms with Crippen LogP contribution in [0.3, 0.4) is 0 Å². The molecule has 0 aliphatic carbocycles. The largest absolute Gasteiger partial charge is 0.497 e. The Morgan fingerprint density at radius 1 is 1.07 bits per heavy atom. The zero-order valence-corrected chi connectivity index (χ0v) is 15.3. The number of nitrogens with zero attached hydrogens (tertiary/aromatic N) is 3. The zero-order valence-electron chi connectivity index (χ0n) is 15.3. The molecule has 1 aliphatic rings. The van der Waals surface area contributed by atoms with Crippen LogP contribution < -0.4 is 4.74 Å². The van der Waals surface area contributed by atoms with Gasteiger partial charge in [-0.05, 0) is 35.4 Å².